The van der Waals surface area contributed by atoms with Gasteiger partial charge in [-0.2, -0.15) is 5.10 Å². The first-order valence-corrected chi connectivity index (χ1v) is 7.36. The van der Waals surface area contributed by atoms with E-state index < -0.39 is 0 Å². The molecule has 0 aromatic carbocycles. The van der Waals surface area contributed by atoms with Crippen LogP contribution in [0.2, 0.25) is 5.02 Å². The van der Waals surface area contributed by atoms with Crippen LogP contribution in [-0.2, 0) is 13.0 Å². The molecule has 2 rings (SSSR count). The maximum atomic E-state index is 6.43. The third kappa shape index (κ3) is 2.57. The fourth-order valence-electron chi connectivity index (χ4n) is 3.31. The van der Waals surface area contributed by atoms with Gasteiger partial charge in [-0.05, 0) is 45.6 Å². The van der Waals surface area contributed by atoms with Gasteiger partial charge in [0.2, 0.25) is 0 Å². The lowest BCUT2D eigenvalue weighted by atomic mass is 9.81. The van der Waals surface area contributed by atoms with Gasteiger partial charge in [0, 0.05) is 13.1 Å². The Labute approximate surface area is 115 Å². The topological polar surface area (TPSA) is 29.9 Å². The van der Waals surface area contributed by atoms with E-state index in [0.717, 1.165) is 30.2 Å². The third-order valence-corrected chi connectivity index (χ3v) is 4.70. The average molecular weight is 270 g/mol. The Morgan fingerprint density at radius 2 is 2.06 bits per heavy atom. The summed E-state index contributed by atoms with van der Waals surface area (Å²) in [6, 6.07) is 0. The van der Waals surface area contributed by atoms with Crippen molar-refractivity contribution in [2.45, 2.75) is 52.5 Å². The molecule has 1 fully saturated rings. The van der Waals surface area contributed by atoms with Crippen molar-refractivity contribution in [1.82, 2.24) is 15.1 Å². The first kappa shape index (κ1) is 13.9. The molecule has 1 N–H and O–H groups in total. The molecule has 1 aliphatic carbocycles. The minimum Gasteiger partial charge on any atom is -0.319 e. The fraction of sp³-hybridized carbons (Fsp3) is 0.786. The molecule has 18 heavy (non-hydrogen) atoms. The van der Waals surface area contributed by atoms with Gasteiger partial charge in [-0.25, -0.2) is 0 Å². The van der Waals surface area contributed by atoms with Gasteiger partial charge in [0.05, 0.1) is 16.4 Å². The van der Waals surface area contributed by atoms with Gasteiger partial charge in [-0.1, -0.05) is 24.4 Å². The largest absolute Gasteiger partial charge is 0.319 e. The summed E-state index contributed by atoms with van der Waals surface area (Å²) in [5, 5.41) is 8.76. The van der Waals surface area contributed by atoms with Crippen LogP contribution in [0.5, 0.6) is 0 Å². The van der Waals surface area contributed by atoms with E-state index in [1.165, 1.54) is 31.4 Å². The summed E-state index contributed by atoms with van der Waals surface area (Å²) in [5.74, 6) is 0. The quantitative estimate of drug-likeness (QED) is 0.890. The highest BCUT2D eigenvalue weighted by atomic mass is 35.5. The summed E-state index contributed by atoms with van der Waals surface area (Å²) in [6.07, 6.45) is 6.36. The molecule has 1 heterocycles. The molecule has 0 spiro atoms. The molecule has 0 saturated heterocycles. The molecule has 102 valence electrons. The predicted octanol–water partition coefficient (Wildman–Crippen LogP) is 3.19. The Morgan fingerprint density at radius 3 is 2.61 bits per heavy atom. The molecule has 1 aromatic heterocycles. The zero-order valence-electron chi connectivity index (χ0n) is 11.7. The lowest BCUT2D eigenvalue weighted by Crippen LogP contribution is -2.33. The summed E-state index contributed by atoms with van der Waals surface area (Å²) >= 11 is 6.43. The van der Waals surface area contributed by atoms with Crippen LogP contribution in [-0.4, -0.2) is 23.4 Å². The molecule has 1 aliphatic rings. The maximum absolute atomic E-state index is 6.43. The van der Waals surface area contributed by atoms with Crippen molar-refractivity contribution in [2.75, 3.05) is 13.6 Å². The van der Waals surface area contributed by atoms with Gasteiger partial charge in [0.25, 0.3) is 0 Å². The number of hydrogen-bond donors (Lipinski definition) is 1. The van der Waals surface area contributed by atoms with Gasteiger partial charge in [0.15, 0.2) is 0 Å². The lowest BCUT2D eigenvalue weighted by Gasteiger charge is -2.29. The number of hydrogen-bond acceptors (Lipinski definition) is 2. The highest BCUT2D eigenvalue weighted by Crippen LogP contribution is 2.41. The van der Waals surface area contributed by atoms with Gasteiger partial charge < -0.3 is 5.32 Å². The Morgan fingerprint density at radius 1 is 1.39 bits per heavy atom. The normalized spacial score (nSPS) is 18.4. The molecule has 0 unspecified atom stereocenters. The summed E-state index contributed by atoms with van der Waals surface area (Å²) < 4.78 is 2.08. The van der Waals surface area contributed by atoms with Crippen molar-refractivity contribution in [3.05, 3.63) is 16.4 Å². The van der Waals surface area contributed by atoms with Crippen LogP contribution in [0.1, 0.15) is 44.0 Å². The highest BCUT2D eigenvalue weighted by Gasteiger charge is 2.35. The van der Waals surface area contributed by atoms with Crippen molar-refractivity contribution in [3.63, 3.8) is 0 Å². The molecule has 0 bridgehead atoms. The second-order valence-electron chi connectivity index (χ2n) is 5.58. The molecule has 0 atom stereocenters. The van der Waals surface area contributed by atoms with E-state index in [9.17, 15) is 0 Å². The van der Waals surface area contributed by atoms with Gasteiger partial charge in [-0.3, -0.25) is 4.68 Å². The van der Waals surface area contributed by atoms with Crippen molar-refractivity contribution in [1.29, 1.82) is 0 Å². The number of halogens is 1. The predicted molar refractivity (Wildman–Crippen MR) is 76.2 cm³/mol. The Kier molecular flexibility index (Phi) is 4.33. The van der Waals surface area contributed by atoms with E-state index in [-0.39, 0.29) is 0 Å². The number of nitrogens with one attached hydrogen (secondary N) is 1. The zero-order valence-corrected chi connectivity index (χ0v) is 12.5. The summed E-state index contributed by atoms with van der Waals surface area (Å²) in [7, 11) is 2.05. The molecule has 1 aromatic rings. The second-order valence-corrected chi connectivity index (χ2v) is 5.95. The van der Waals surface area contributed by atoms with Crippen LogP contribution in [0.15, 0.2) is 0 Å². The van der Waals surface area contributed by atoms with E-state index in [1.807, 2.05) is 14.0 Å². The van der Waals surface area contributed by atoms with E-state index >= 15 is 0 Å². The monoisotopic (exact) mass is 269 g/mol. The van der Waals surface area contributed by atoms with Crippen LogP contribution in [0.3, 0.4) is 0 Å². The SMILES string of the molecule is CCn1nc(C)c(Cl)c1CC1(CNC)CCCC1. The van der Waals surface area contributed by atoms with Crippen LogP contribution < -0.4 is 5.32 Å². The van der Waals surface area contributed by atoms with Gasteiger partial charge in [0.1, 0.15) is 0 Å². The molecule has 3 nitrogen and oxygen atoms in total. The molecule has 0 amide bonds. The van der Waals surface area contributed by atoms with Crippen LogP contribution in [0.25, 0.3) is 0 Å². The molecule has 0 radical (unpaired) electrons. The first-order valence-electron chi connectivity index (χ1n) is 6.98. The third-order valence-electron chi connectivity index (χ3n) is 4.21. The molecule has 4 heteroatoms. The van der Waals surface area contributed by atoms with Gasteiger partial charge >= 0.3 is 0 Å². The maximum Gasteiger partial charge on any atom is 0.0847 e. The van der Waals surface area contributed by atoms with E-state index in [1.54, 1.807) is 0 Å². The van der Waals surface area contributed by atoms with Crippen molar-refractivity contribution in [3.8, 4) is 0 Å². The molecular formula is C14H24ClN3. The number of nitrogens with zero attached hydrogens (tertiary/aromatic N) is 2. The van der Waals surface area contributed by atoms with Crippen molar-refractivity contribution >= 4 is 11.6 Å². The Balaban J connectivity index is 2.26. The van der Waals surface area contributed by atoms with E-state index in [0.29, 0.717) is 5.41 Å². The van der Waals surface area contributed by atoms with Crippen LogP contribution >= 0.6 is 11.6 Å². The standard InChI is InChI=1S/C14H24ClN3/c1-4-18-12(13(15)11(2)17-18)9-14(10-16-3)7-5-6-8-14/h16H,4-10H2,1-3H3. The van der Waals surface area contributed by atoms with Crippen LogP contribution in [0.4, 0.5) is 0 Å². The number of aromatic nitrogens is 2. The lowest BCUT2D eigenvalue weighted by molar-refractivity contribution is 0.278. The first-order chi connectivity index (χ1) is 8.62. The number of aryl methyl sites for hydroxylation is 2. The minimum atomic E-state index is 0.387. The summed E-state index contributed by atoms with van der Waals surface area (Å²) in [4.78, 5) is 0. The van der Waals surface area contributed by atoms with Gasteiger partial charge in [-0.15, -0.1) is 0 Å². The fourth-order valence-corrected chi connectivity index (χ4v) is 3.51. The summed E-state index contributed by atoms with van der Waals surface area (Å²) in [6.45, 7) is 6.11. The zero-order chi connectivity index (χ0) is 13.2. The summed E-state index contributed by atoms with van der Waals surface area (Å²) in [5.41, 5.74) is 2.58. The number of rotatable bonds is 5. The van der Waals surface area contributed by atoms with E-state index in [4.69, 9.17) is 11.6 Å². The smallest absolute Gasteiger partial charge is 0.0847 e. The van der Waals surface area contributed by atoms with Crippen LogP contribution in [0, 0.1) is 12.3 Å². The molecule has 1 saturated carbocycles. The second kappa shape index (κ2) is 5.62. The van der Waals surface area contributed by atoms with Crippen molar-refractivity contribution in [2.24, 2.45) is 5.41 Å². The Hall–Kier alpha value is -0.540. The molecular weight excluding hydrogens is 246 g/mol. The minimum absolute atomic E-state index is 0.387. The Bertz CT molecular complexity index is 405. The van der Waals surface area contributed by atoms with Crippen molar-refractivity contribution < 1.29 is 0 Å². The highest BCUT2D eigenvalue weighted by molar-refractivity contribution is 6.31. The molecule has 0 aliphatic heterocycles. The average Bonchev–Trinajstić information content (AvgIpc) is 2.90. The van der Waals surface area contributed by atoms with E-state index in [2.05, 4.69) is 22.0 Å².